The first-order valence-electron chi connectivity index (χ1n) is 5.78. The lowest BCUT2D eigenvalue weighted by molar-refractivity contribution is 0.0777. The molecule has 0 amide bonds. The van der Waals surface area contributed by atoms with Gasteiger partial charge < -0.3 is 5.11 Å². The zero-order valence-corrected chi connectivity index (χ0v) is 9.76. The van der Waals surface area contributed by atoms with Crippen molar-refractivity contribution in [3.05, 3.63) is 71.5 Å². The van der Waals surface area contributed by atoms with E-state index in [1.165, 1.54) is 24.3 Å². The maximum Gasteiger partial charge on any atom is 0.134 e. The van der Waals surface area contributed by atoms with Gasteiger partial charge in [-0.2, -0.15) is 0 Å². The molecule has 0 fully saturated rings. The van der Waals surface area contributed by atoms with E-state index in [2.05, 4.69) is 0 Å². The van der Waals surface area contributed by atoms with Crippen LogP contribution in [0, 0.1) is 5.82 Å². The van der Waals surface area contributed by atoms with Gasteiger partial charge in [0.2, 0.25) is 0 Å². The zero-order valence-electron chi connectivity index (χ0n) is 9.76. The van der Waals surface area contributed by atoms with E-state index in [-0.39, 0.29) is 12.2 Å². The summed E-state index contributed by atoms with van der Waals surface area (Å²) in [6.45, 7) is 0. The molecule has 3 heteroatoms. The molecule has 1 N–H and O–H groups in total. The third kappa shape index (κ3) is 3.14. The highest BCUT2D eigenvalue weighted by Gasteiger charge is 2.20. The van der Waals surface area contributed by atoms with E-state index >= 15 is 0 Å². The molecule has 0 aromatic heterocycles. The van der Waals surface area contributed by atoms with Gasteiger partial charge in [-0.15, -0.1) is 0 Å². The fraction of sp³-hybridized carbons (Fsp3) is 0.200. The Kier molecular flexibility index (Phi) is 4.05. The molecule has 0 aliphatic carbocycles. The number of aliphatic hydroxyl groups excluding tert-OH is 1. The molecular formula is C15H14F2O. The van der Waals surface area contributed by atoms with Crippen molar-refractivity contribution in [3.8, 4) is 0 Å². The number of hydrogen-bond donors (Lipinski definition) is 1. The molecule has 0 saturated carbocycles. The predicted molar refractivity (Wildman–Crippen MR) is 66.4 cm³/mol. The Balaban J connectivity index is 2.03. The summed E-state index contributed by atoms with van der Waals surface area (Å²) >= 11 is 0. The minimum Gasteiger partial charge on any atom is -0.385 e. The van der Waals surface area contributed by atoms with Crippen molar-refractivity contribution in [1.29, 1.82) is 0 Å². The molecule has 1 nitrogen and oxygen atoms in total. The fourth-order valence-electron chi connectivity index (χ4n) is 1.82. The molecule has 0 aliphatic heterocycles. The highest BCUT2D eigenvalue weighted by molar-refractivity contribution is 5.21. The van der Waals surface area contributed by atoms with Crippen LogP contribution in [0.5, 0.6) is 0 Å². The summed E-state index contributed by atoms with van der Waals surface area (Å²) in [5.41, 5.74) is 1.21. The number of rotatable bonds is 4. The van der Waals surface area contributed by atoms with Crippen LogP contribution in [0.25, 0.3) is 0 Å². The molecule has 2 unspecified atom stereocenters. The molecule has 0 bridgehead atoms. The van der Waals surface area contributed by atoms with Crippen LogP contribution >= 0.6 is 0 Å². The third-order valence-corrected chi connectivity index (χ3v) is 2.83. The van der Waals surface area contributed by atoms with Crippen molar-refractivity contribution in [1.82, 2.24) is 0 Å². The topological polar surface area (TPSA) is 20.2 Å². The number of alkyl halides is 1. The highest BCUT2D eigenvalue weighted by atomic mass is 19.1. The van der Waals surface area contributed by atoms with E-state index in [1.807, 2.05) is 6.07 Å². The van der Waals surface area contributed by atoms with E-state index in [9.17, 15) is 13.9 Å². The average molecular weight is 248 g/mol. The second-order valence-corrected chi connectivity index (χ2v) is 4.20. The van der Waals surface area contributed by atoms with Crippen molar-refractivity contribution in [2.24, 2.45) is 0 Å². The average Bonchev–Trinajstić information content (AvgIpc) is 2.41. The Morgan fingerprint density at radius 1 is 0.944 bits per heavy atom. The standard InChI is InChI=1S/C15H14F2O/c16-13-8-6-11(7-9-13)10-14(17)15(18)12-4-2-1-3-5-12/h1-9,14-15,18H,10H2. The van der Waals surface area contributed by atoms with Crippen molar-refractivity contribution >= 4 is 0 Å². The molecule has 2 aromatic carbocycles. The van der Waals surface area contributed by atoms with Crippen molar-refractivity contribution in [2.45, 2.75) is 18.7 Å². The molecule has 0 heterocycles. The largest absolute Gasteiger partial charge is 0.385 e. The summed E-state index contributed by atoms with van der Waals surface area (Å²) in [6, 6.07) is 14.3. The van der Waals surface area contributed by atoms with Crippen LogP contribution in [0.4, 0.5) is 8.78 Å². The molecule has 18 heavy (non-hydrogen) atoms. The van der Waals surface area contributed by atoms with Crippen LogP contribution in [-0.2, 0) is 6.42 Å². The van der Waals surface area contributed by atoms with E-state index < -0.39 is 12.3 Å². The van der Waals surface area contributed by atoms with Gasteiger partial charge >= 0.3 is 0 Å². The summed E-state index contributed by atoms with van der Waals surface area (Å²) < 4.78 is 26.6. The smallest absolute Gasteiger partial charge is 0.134 e. The van der Waals surface area contributed by atoms with E-state index in [1.54, 1.807) is 24.3 Å². The summed E-state index contributed by atoms with van der Waals surface area (Å²) in [6.07, 6.45) is -2.50. The van der Waals surface area contributed by atoms with Crippen LogP contribution in [0.2, 0.25) is 0 Å². The first kappa shape index (κ1) is 12.7. The van der Waals surface area contributed by atoms with Gasteiger partial charge in [0.25, 0.3) is 0 Å². The van der Waals surface area contributed by atoms with Crippen LogP contribution < -0.4 is 0 Å². The minimum atomic E-state index is -1.40. The van der Waals surface area contributed by atoms with Gasteiger partial charge in [0.05, 0.1) is 0 Å². The second kappa shape index (κ2) is 5.74. The Hall–Kier alpha value is -1.74. The van der Waals surface area contributed by atoms with Crippen LogP contribution in [0.3, 0.4) is 0 Å². The zero-order chi connectivity index (χ0) is 13.0. The van der Waals surface area contributed by atoms with Gasteiger partial charge in [0.1, 0.15) is 18.1 Å². The van der Waals surface area contributed by atoms with Crippen molar-refractivity contribution in [3.63, 3.8) is 0 Å². The predicted octanol–water partition coefficient (Wildman–Crippen LogP) is 3.44. The molecule has 94 valence electrons. The molecule has 0 aliphatic rings. The van der Waals surface area contributed by atoms with Crippen LogP contribution in [0.15, 0.2) is 54.6 Å². The molecule has 2 rings (SSSR count). The van der Waals surface area contributed by atoms with Gasteiger partial charge in [-0.3, -0.25) is 0 Å². The second-order valence-electron chi connectivity index (χ2n) is 4.20. The monoisotopic (exact) mass is 248 g/mol. The highest BCUT2D eigenvalue weighted by Crippen LogP contribution is 2.22. The van der Waals surface area contributed by atoms with Crippen molar-refractivity contribution < 1.29 is 13.9 Å². The molecule has 0 radical (unpaired) electrons. The summed E-state index contributed by atoms with van der Waals surface area (Å²) in [4.78, 5) is 0. The van der Waals surface area contributed by atoms with E-state index in [4.69, 9.17) is 0 Å². The van der Waals surface area contributed by atoms with Crippen LogP contribution in [0.1, 0.15) is 17.2 Å². The Morgan fingerprint density at radius 2 is 1.56 bits per heavy atom. The van der Waals surface area contributed by atoms with Crippen LogP contribution in [-0.4, -0.2) is 11.3 Å². The summed E-state index contributed by atoms with van der Waals surface area (Å²) in [5, 5.41) is 9.86. The first-order chi connectivity index (χ1) is 8.66. The number of halogens is 2. The van der Waals surface area contributed by atoms with Gasteiger partial charge in [-0.25, -0.2) is 8.78 Å². The Morgan fingerprint density at radius 3 is 2.17 bits per heavy atom. The van der Waals surface area contributed by atoms with Gasteiger partial charge in [0.15, 0.2) is 0 Å². The SMILES string of the molecule is OC(c1ccccc1)C(F)Cc1ccc(F)cc1. The lowest BCUT2D eigenvalue weighted by Gasteiger charge is -2.16. The van der Waals surface area contributed by atoms with Gasteiger partial charge in [0, 0.05) is 6.42 Å². The molecule has 2 atom stereocenters. The van der Waals surface area contributed by atoms with E-state index in [0.29, 0.717) is 11.1 Å². The number of benzene rings is 2. The van der Waals surface area contributed by atoms with E-state index in [0.717, 1.165) is 0 Å². The first-order valence-corrected chi connectivity index (χ1v) is 5.78. The summed E-state index contributed by atoms with van der Waals surface area (Å²) in [7, 11) is 0. The lowest BCUT2D eigenvalue weighted by atomic mass is 10.00. The fourth-order valence-corrected chi connectivity index (χ4v) is 1.82. The summed E-state index contributed by atoms with van der Waals surface area (Å²) in [5.74, 6) is -0.349. The molecule has 0 saturated heterocycles. The number of hydrogen-bond acceptors (Lipinski definition) is 1. The Bertz CT molecular complexity index is 482. The maximum absolute atomic E-state index is 13.9. The van der Waals surface area contributed by atoms with Crippen molar-refractivity contribution in [2.75, 3.05) is 0 Å². The normalized spacial score (nSPS) is 14.2. The lowest BCUT2D eigenvalue weighted by Crippen LogP contribution is -2.16. The Labute approximate surface area is 105 Å². The molecule has 0 spiro atoms. The minimum absolute atomic E-state index is 0.0658. The number of aliphatic hydroxyl groups is 1. The molecule has 2 aromatic rings. The quantitative estimate of drug-likeness (QED) is 0.878. The van der Waals surface area contributed by atoms with Gasteiger partial charge in [-0.1, -0.05) is 42.5 Å². The third-order valence-electron chi connectivity index (χ3n) is 2.83. The maximum atomic E-state index is 13.9. The molecular weight excluding hydrogens is 234 g/mol. The van der Waals surface area contributed by atoms with Gasteiger partial charge in [-0.05, 0) is 23.3 Å².